The number of aryl methyl sites for hydroxylation is 3. The molecule has 0 unspecified atom stereocenters. The highest BCUT2D eigenvalue weighted by molar-refractivity contribution is 5.96. The van der Waals surface area contributed by atoms with Crippen LogP contribution in [-0.4, -0.2) is 39.3 Å². The monoisotopic (exact) mass is 367 g/mol. The lowest BCUT2D eigenvalue weighted by Crippen LogP contribution is -2.29. The van der Waals surface area contributed by atoms with Crippen LogP contribution in [0.3, 0.4) is 0 Å². The Morgan fingerprint density at radius 1 is 1.04 bits per heavy atom. The minimum atomic E-state index is -0.204. The lowest BCUT2D eigenvalue weighted by molar-refractivity contribution is 0.0953. The summed E-state index contributed by atoms with van der Waals surface area (Å²) < 4.78 is 5.00. The lowest BCUT2D eigenvalue weighted by Gasteiger charge is -2.08. The van der Waals surface area contributed by atoms with Gasteiger partial charge in [-0.05, 0) is 50.6 Å². The summed E-state index contributed by atoms with van der Waals surface area (Å²) in [5, 5.41) is 21.0. The Morgan fingerprint density at radius 2 is 1.81 bits per heavy atom. The molecule has 0 radical (unpaired) electrons. The quantitative estimate of drug-likeness (QED) is 0.545. The van der Waals surface area contributed by atoms with Gasteiger partial charge in [0.15, 0.2) is 5.82 Å². The average molecular weight is 367 g/mol. The molecule has 3 heterocycles. The van der Waals surface area contributed by atoms with Gasteiger partial charge in [-0.3, -0.25) is 4.79 Å². The maximum atomic E-state index is 12.1. The molecule has 0 aliphatic heterocycles. The molecule has 0 spiro atoms. The fraction of sp³-hybridized carbons (Fsp3) is 0.278. The molecule has 0 atom stereocenters. The third kappa shape index (κ3) is 4.78. The Labute approximate surface area is 156 Å². The third-order valence-corrected chi connectivity index (χ3v) is 3.81. The van der Waals surface area contributed by atoms with Gasteiger partial charge in [-0.25, -0.2) is 4.98 Å². The molecule has 0 aromatic carbocycles. The number of nitrogens with zero attached hydrogens (tertiary/aromatic N) is 4. The zero-order valence-corrected chi connectivity index (χ0v) is 15.4. The van der Waals surface area contributed by atoms with Crippen molar-refractivity contribution in [3.63, 3.8) is 0 Å². The van der Waals surface area contributed by atoms with E-state index in [-0.39, 0.29) is 5.91 Å². The molecular weight excluding hydrogens is 346 g/mol. The molecule has 0 fully saturated rings. The van der Waals surface area contributed by atoms with Crippen molar-refractivity contribution in [2.24, 2.45) is 0 Å². The normalized spacial score (nSPS) is 10.5. The van der Waals surface area contributed by atoms with E-state index in [1.54, 1.807) is 26.1 Å². The minimum Gasteiger partial charge on any atom is -0.367 e. The van der Waals surface area contributed by atoms with E-state index >= 15 is 0 Å². The van der Waals surface area contributed by atoms with Crippen molar-refractivity contribution in [3.05, 3.63) is 53.0 Å². The Balaban J connectivity index is 1.46. The summed E-state index contributed by atoms with van der Waals surface area (Å²) in [7, 11) is 0. The molecule has 0 bridgehead atoms. The molecule has 0 aliphatic rings. The molecular formula is C18H21N7O2. The fourth-order valence-electron chi connectivity index (χ4n) is 2.49. The van der Waals surface area contributed by atoms with Gasteiger partial charge in [-0.2, -0.15) is 0 Å². The minimum absolute atomic E-state index is 0.204. The molecule has 0 aliphatic carbocycles. The summed E-state index contributed by atoms with van der Waals surface area (Å²) in [4.78, 5) is 16.3. The molecule has 140 valence electrons. The number of hydrogen-bond donors (Lipinski definition) is 3. The number of amides is 1. The highest BCUT2D eigenvalue weighted by Gasteiger charge is 2.16. The van der Waals surface area contributed by atoms with E-state index < -0.39 is 0 Å². The van der Waals surface area contributed by atoms with Gasteiger partial charge < -0.3 is 20.5 Å². The first-order chi connectivity index (χ1) is 13.0. The van der Waals surface area contributed by atoms with E-state index in [9.17, 15) is 4.79 Å². The van der Waals surface area contributed by atoms with E-state index in [1.165, 1.54) is 0 Å². The van der Waals surface area contributed by atoms with Gasteiger partial charge in [0.05, 0.1) is 5.69 Å². The van der Waals surface area contributed by atoms with Crippen LogP contribution in [0.5, 0.6) is 0 Å². The molecule has 9 heteroatoms. The van der Waals surface area contributed by atoms with Crippen LogP contribution in [-0.2, 0) is 0 Å². The Bertz CT molecular complexity index is 902. The first-order valence-electron chi connectivity index (χ1n) is 8.51. The number of pyridine rings is 1. The average Bonchev–Trinajstić information content (AvgIpc) is 2.98. The Morgan fingerprint density at radius 3 is 2.48 bits per heavy atom. The molecule has 3 N–H and O–H groups in total. The molecule has 3 aromatic rings. The smallest absolute Gasteiger partial charge is 0.256 e. The van der Waals surface area contributed by atoms with Gasteiger partial charge in [0.25, 0.3) is 5.91 Å². The molecule has 9 nitrogen and oxygen atoms in total. The van der Waals surface area contributed by atoms with Crippen LogP contribution in [0.4, 0.5) is 17.5 Å². The second-order valence-corrected chi connectivity index (χ2v) is 6.03. The summed E-state index contributed by atoms with van der Waals surface area (Å²) in [6.07, 6.45) is 1.73. The second kappa shape index (κ2) is 8.26. The number of anilines is 3. The predicted octanol–water partition coefficient (Wildman–Crippen LogP) is 2.37. The first kappa shape index (κ1) is 18.3. The van der Waals surface area contributed by atoms with Crippen LogP contribution in [0.15, 0.2) is 35.0 Å². The van der Waals surface area contributed by atoms with Crippen LogP contribution < -0.4 is 16.0 Å². The first-order valence-corrected chi connectivity index (χ1v) is 8.51. The van der Waals surface area contributed by atoms with Gasteiger partial charge >= 0.3 is 0 Å². The molecule has 3 rings (SSSR count). The maximum absolute atomic E-state index is 12.1. The summed E-state index contributed by atoms with van der Waals surface area (Å²) in [6.45, 7) is 6.38. The van der Waals surface area contributed by atoms with E-state index in [0.29, 0.717) is 47.6 Å². The van der Waals surface area contributed by atoms with Gasteiger partial charge in [-0.1, -0.05) is 5.16 Å². The molecule has 0 saturated carbocycles. The molecule has 3 aromatic heterocycles. The van der Waals surface area contributed by atoms with Crippen LogP contribution in [0.1, 0.15) is 27.4 Å². The molecule has 27 heavy (non-hydrogen) atoms. The predicted molar refractivity (Wildman–Crippen MR) is 101 cm³/mol. The van der Waals surface area contributed by atoms with Gasteiger partial charge in [0.1, 0.15) is 23.0 Å². The number of hydrogen-bond acceptors (Lipinski definition) is 8. The third-order valence-electron chi connectivity index (χ3n) is 3.81. The number of aromatic nitrogens is 4. The van der Waals surface area contributed by atoms with Crippen LogP contribution in [0.25, 0.3) is 0 Å². The van der Waals surface area contributed by atoms with Crippen LogP contribution in [0.2, 0.25) is 0 Å². The van der Waals surface area contributed by atoms with Crippen LogP contribution in [0, 0.1) is 20.8 Å². The Kier molecular flexibility index (Phi) is 5.60. The number of nitrogens with one attached hydrogen (secondary N) is 3. The lowest BCUT2D eigenvalue weighted by atomic mass is 10.2. The standard InChI is InChI=1S/C18H21N7O2/c1-11-6-7-19-16(10-11)22-15-5-4-14(23-24-15)20-8-9-21-18(26)17-12(2)25-27-13(17)3/h4-7,10H,8-9H2,1-3H3,(H,20,23)(H,21,26)(H,19,22,24). The summed E-state index contributed by atoms with van der Waals surface area (Å²) in [5.41, 5.74) is 2.17. The maximum Gasteiger partial charge on any atom is 0.256 e. The molecule has 0 saturated heterocycles. The summed E-state index contributed by atoms with van der Waals surface area (Å²) in [6, 6.07) is 7.47. The largest absolute Gasteiger partial charge is 0.367 e. The van der Waals surface area contributed by atoms with Crippen LogP contribution >= 0.6 is 0 Å². The SMILES string of the molecule is Cc1ccnc(Nc2ccc(NCCNC(=O)c3c(C)noc3C)nn2)c1. The van der Waals surface area contributed by atoms with Gasteiger partial charge in [-0.15, -0.1) is 10.2 Å². The van der Waals surface area contributed by atoms with Gasteiger partial charge in [0, 0.05) is 19.3 Å². The van der Waals surface area contributed by atoms with Gasteiger partial charge in [0.2, 0.25) is 0 Å². The van der Waals surface area contributed by atoms with Crippen molar-refractivity contribution < 1.29 is 9.32 Å². The van der Waals surface area contributed by atoms with E-state index in [4.69, 9.17) is 4.52 Å². The van der Waals surface area contributed by atoms with E-state index in [2.05, 4.69) is 36.3 Å². The van der Waals surface area contributed by atoms with Crippen molar-refractivity contribution in [1.29, 1.82) is 0 Å². The highest BCUT2D eigenvalue weighted by atomic mass is 16.5. The number of carbonyl (C=O) groups is 1. The fourth-order valence-corrected chi connectivity index (χ4v) is 2.49. The van der Waals surface area contributed by atoms with E-state index in [1.807, 2.05) is 25.1 Å². The van der Waals surface area contributed by atoms with E-state index in [0.717, 1.165) is 5.56 Å². The zero-order valence-electron chi connectivity index (χ0n) is 15.4. The summed E-state index contributed by atoms with van der Waals surface area (Å²) in [5.74, 6) is 2.24. The number of rotatable bonds is 7. The van der Waals surface area contributed by atoms with Crippen molar-refractivity contribution in [1.82, 2.24) is 25.7 Å². The van der Waals surface area contributed by atoms with Crippen molar-refractivity contribution in [2.45, 2.75) is 20.8 Å². The van der Waals surface area contributed by atoms with Crippen molar-refractivity contribution in [3.8, 4) is 0 Å². The van der Waals surface area contributed by atoms with Crippen molar-refractivity contribution >= 4 is 23.4 Å². The van der Waals surface area contributed by atoms with Crippen molar-refractivity contribution in [2.75, 3.05) is 23.7 Å². The topological polar surface area (TPSA) is 118 Å². The Hall–Kier alpha value is -3.49. The molecule has 1 amide bonds. The highest BCUT2D eigenvalue weighted by Crippen LogP contribution is 2.13. The summed E-state index contributed by atoms with van der Waals surface area (Å²) >= 11 is 0. The zero-order chi connectivity index (χ0) is 19.2. The number of carbonyl (C=O) groups excluding carboxylic acids is 1. The second-order valence-electron chi connectivity index (χ2n) is 6.03.